The average Bonchev–Trinajstić information content (AvgIpc) is 2.95. The topological polar surface area (TPSA) is 179 Å². The van der Waals surface area contributed by atoms with E-state index in [1.807, 2.05) is 11.9 Å². The second-order valence-electron chi connectivity index (χ2n) is 9.72. The number of aromatic hydroxyl groups is 2. The summed E-state index contributed by atoms with van der Waals surface area (Å²) < 4.78 is 9.34. The highest BCUT2D eigenvalue weighted by atomic mass is 35.5. The van der Waals surface area contributed by atoms with Crippen molar-refractivity contribution < 1.29 is 55.8 Å². The van der Waals surface area contributed by atoms with E-state index in [2.05, 4.69) is 30.7 Å². The van der Waals surface area contributed by atoms with Gasteiger partial charge in [0.05, 0.1) is 73.7 Å². The van der Waals surface area contributed by atoms with Gasteiger partial charge in [0.1, 0.15) is 10.0 Å². The average molecular weight is 719 g/mol. The van der Waals surface area contributed by atoms with Crippen molar-refractivity contribution in [3.8, 4) is 11.5 Å². The van der Waals surface area contributed by atoms with Crippen molar-refractivity contribution in [1.29, 1.82) is 0 Å². The number of benzene rings is 2. The number of hydrogen-bond acceptors (Lipinski definition) is 9. The Hall–Kier alpha value is -3.11. The second-order valence-corrected chi connectivity index (χ2v) is 11.3. The van der Waals surface area contributed by atoms with Gasteiger partial charge in [0.25, 0.3) is 5.91 Å². The third-order valence-electron chi connectivity index (χ3n) is 6.56. The number of phenolic OH excluding ortho intramolecular Hbond substituents is 2. The zero-order valence-electron chi connectivity index (χ0n) is 23.5. The monoisotopic (exact) mass is 716 g/mol. The summed E-state index contributed by atoms with van der Waals surface area (Å²) in [7, 11) is 4.18. The van der Waals surface area contributed by atoms with Gasteiger partial charge < -0.3 is 47.2 Å². The van der Waals surface area contributed by atoms with Crippen LogP contribution < -0.4 is 33.7 Å². The van der Waals surface area contributed by atoms with Crippen molar-refractivity contribution in [1.82, 2.24) is 4.90 Å². The molecule has 0 spiro atoms. The molecule has 0 bridgehead atoms. The van der Waals surface area contributed by atoms with E-state index in [4.69, 9.17) is 46.4 Å². The summed E-state index contributed by atoms with van der Waals surface area (Å²) in [6.45, 7) is 2.03. The first-order chi connectivity index (χ1) is 20.2. The van der Waals surface area contributed by atoms with E-state index < -0.39 is 35.5 Å². The maximum absolute atomic E-state index is 12.9. The predicted molar refractivity (Wildman–Crippen MR) is 163 cm³/mol. The lowest BCUT2D eigenvalue weighted by molar-refractivity contribution is -0.905. The van der Waals surface area contributed by atoms with Crippen LogP contribution in [0.25, 0.3) is 0 Å². The first-order valence-corrected chi connectivity index (χ1v) is 14.0. The minimum absolute atomic E-state index is 0. The van der Waals surface area contributed by atoms with Crippen LogP contribution in [-0.2, 0) is 19.1 Å². The third-order valence-corrected chi connectivity index (χ3v) is 7.89. The number of likely N-dealkylation sites (N-methyl/N-ethyl adjacent to an activating group) is 1. The Morgan fingerprint density at radius 1 is 0.795 bits per heavy atom. The largest absolute Gasteiger partial charge is 1.00 e. The molecule has 14 nitrogen and oxygen atoms in total. The van der Waals surface area contributed by atoms with Crippen LogP contribution >= 0.6 is 46.4 Å². The summed E-state index contributed by atoms with van der Waals surface area (Å²) in [4.78, 5) is 50.4. The van der Waals surface area contributed by atoms with Crippen LogP contribution in [0.3, 0.4) is 0 Å². The lowest BCUT2D eigenvalue weighted by atomic mass is 10.2. The van der Waals surface area contributed by atoms with Crippen LogP contribution in [0, 0.1) is 0 Å². The van der Waals surface area contributed by atoms with Gasteiger partial charge >= 0.3 is 12.2 Å². The Kier molecular flexibility index (Phi) is 13.3. The molecule has 1 aliphatic rings. The predicted octanol–water partition coefficient (Wildman–Crippen LogP) is 1.41. The summed E-state index contributed by atoms with van der Waals surface area (Å²) in [6.07, 6.45) is -1.69. The number of quaternary nitrogens is 1. The summed E-state index contributed by atoms with van der Waals surface area (Å²) >= 11 is 24.6. The van der Waals surface area contributed by atoms with Gasteiger partial charge in [0.15, 0.2) is 18.0 Å². The molecular weight excluding hydrogens is 690 g/mol. The van der Waals surface area contributed by atoms with Gasteiger partial charge in [-0.1, -0.05) is 46.4 Å². The van der Waals surface area contributed by atoms with Crippen molar-refractivity contribution in [3.05, 3.63) is 32.2 Å². The molecule has 0 unspecified atom stereocenters. The second kappa shape index (κ2) is 15.8. The third kappa shape index (κ3) is 9.20. The molecule has 0 aromatic heterocycles. The van der Waals surface area contributed by atoms with Gasteiger partial charge in [-0.15, -0.1) is 0 Å². The van der Waals surface area contributed by atoms with E-state index in [9.17, 15) is 29.4 Å². The van der Waals surface area contributed by atoms with Crippen molar-refractivity contribution in [2.24, 2.45) is 0 Å². The van der Waals surface area contributed by atoms with Gasteiger partial charge in [0, 0.05) is 13.1 Å². The van der Waals surface area contributed by atoms with Crippen LogP contribution in [0.1, 0.15) is 0 Å². The molecule has 0 saturated carbocycles. The molecule has 1 heterocycles. The Balaban J connectivity index is 0.00000675. The summed E-state index contributed by atoms with van der Waals surface area (Å²) in [5, 5.41) is 30.0. The van der Waals surface area contributed by atoms with Crippen LogP contribution in [0.5, 0.6) is 11.5 Å². The lowest BCUT2D eigenvalue weighted by Gasteiger charge is -2.41. The summed E-state index contributed by atoms with van der Waals surface area (Å²) in [6, 6.07) is 2.50. The molecule has 1 saturated heterocycles. The number of amides is 4. The fourth-order valence-corrected chi connectivity index (χ4v) is 5.28. The number of carbonyl (C=O) groups excluding carboxylic acids is 4. The minimum Gasteiger partial charge on any atom is -1.00 e. The number of anilines is 4. The minimum atomic E-state index is -0.844. The molecule has 0 radical (unpaired) electrons. The van der Waals surface area contributed by atoms with Gasteiger partial charge in [-0.2, -0.15) is 0 Å². The van der Waals surface area contributed by atoms with E-state index in [1.54, 1.807) is 0 Å². The quantitative estimate of drug-likeness (QED) is 0.174. The van der Waals surface area contributed by atoms with Gasteiger partial charge in [0.2, 0.25) is 5.91 Å². The number of piperazine rings is 1. The van der Waals surface area contributed by atoms with Crippen molar-refractivity contribution in [3.63, 3.8) is 0 Å². The molecule has 242 valence electrons. The smallest absolute Gasteiger partial charge is 0.411 e. The molecule has 19 heteroatoms. The lowest BCUT2D eigenvalue weighted by Crippen LogP contribution is -3.00. The highest BCUT2D eigenvalue weighted by Gasteiger charge is 2.32. The maximum Gasteiger partial charge on any atom is 0.411 e. The zero-order valence-corrected chi connectivity index (χ0v) is 27.3. The Morgan fingerprint density at radius 3 is 1.61 bits per heavy atom. The zero-order chi connectivity index (χ0) is 32.1. The SMILES string of the molecule is COC(=O)Nc1c(Cl)cc(NC(=O)CN2CC[N+](C)(CC(=O)Nc3cc(Cl)c(NC(=O)OC)c(Cl)c3O)CC2)c(O)c1Cl.[Cl-]. The standard InChI is InChI=1S/C25H28Cl4N6O8.ClH/c1-35(11-17(37)31-15-9-13(27)21(19(29)23(15)39)33-25(41)43-3)6-4-34(5-7-35)10-16(36)30-14-8-12(26)20(18(28)22(14)38)32-24(40)42-2;/h8-9H,4-7,10-11H2,1-3H3,(H5-,30,31,32,33,36,37,38,39,40,41);1H. The molecule has 2 aromatic rings. The van der Waals surface area contributed by atoms with Crippen molar-refractivity contribution in [2.45, 2.75) is 0 Å². The van der Waals surface area contributed by atoms with Crippen molar-refractivity contribution in [2.75, 3.05) is 81.8 Å². The van der Waals surface area contributed by atoms with Crippen LogP contribution in [-0.4, -0.2) is 104 Å². The number of nitrogens with one attached hydrogen (secondary N) is 4. The van der Waals surface area contributed by atoms with E-state index in [0.717, 1.165) is 14.2 Å². The Morgan fingerprint density at radius 2 is 1.20 bits per heavy atom. The first kappa shape index (κ1) is 37.1. The highest BCUT2D eigenvalue weighted by Crippen LogP contribution is 2.44. The molecule has 4 amide bonds. The van der Waals surface area contributed by atoms with E-state index in [0.29, 0.717) is 30.7 Å². The summed E-state index contributed by atoms with van der Waals surface area (Å²) in [5.74, 6) is -1.83. The number of phenols is 2. The maximum atomic E-state index is 12.9. The number of rotatable bonds is 8. The number of halogens is 5. The molecule has 0 aliphatic carbocycles. The molecule has 3 rings (SSSR count). The fourth-order valence-electron chi connectivity index (χ4n) is 4.18. The first-order valence-electron chi connectivity index (χ1n) is 12.5. The Bertz CT molecular complexity index is 1440. The van der Waals surface area contributed by atoms with Gasteiger partial charge in [-0.05, 0) is 12.1 Å². The van der Waals surface area contributed by atoms with Crippen molar-refractivity contribution >= 4 is 93.2 Å². The number of methoxy groups -OCH3 is 2. The molecule has 1 fully saturated rings. The van der Waals surface area contributed by atoms with Crippen LogP contribution in [0.2, 0.25) is 20.1 Å². The number of carbonyl (C=O) groups is 4. The number of ether oxygens (including phenoxy) is 2. The molecule has 2 aromatic carbocycles. The number of hydrogen-bond donors (Lipinski definition) is 6. The van der Waals surface area contributed by atoms with Crippen LogP contribution in [0.15, 0.2) is 12.1 Å². The molecule has 44 heavy (non-hydrogen) atoms. The molecule has 1 aliphatic heterocycles. The molecule has 0 atom stereocenters. The van der Waals surface area contributed by atoms with E-state index in [-0.39, 0.29) is 68.3 Å². The number of nitrogens with zero attached hydrogens (tertiary/aromatic N) is 2. The van der Waals surface area contributed by atoms with Gasteiger partial charge in [-0.25, -0.2) is 9.59 Å². The highest BCUT2D eigenvalue weighted by molar-refractivity contribution is 6.42. The molecule has 6 N–H and O–H groups in total. The molecular formula is C25H29Cl5N6O8. The summed E-state index contributed by atoms with van der Waals surface area (Å²) in [5.41, 5.74) is -0.215. The van der Waals surface area contributed by atoms with E-state index in [1.165, 1.54) is 12.1 Å². The van der Waals surface area contributed by atoms with Crippen LogP contribution in [0.4, 0.5) is 32.3 Å². The Labute approximate surface area is 278 Å². The van der Waals surface area contributed by atoms with Gasteiger partial charge in [-0.3, -0.25) is 25.1 Å². The van der Waals surface area contributed by atoms with E-state index >= 15 is 0 Å². The normalized spacial score (nSPS) is 14.1. The fraction of sp³-hybridized carbons (Fsp3) is 0.360.